The van der Waals surface area contributed by atoms with Gasteiger partial charge in [-0.3, -0.25) is 9.59 Å². The third-order valence-electron chi connectivity index (χ3n) is 4.24. The van der Waals surface area contributed by atoms with Gasteiger partial charge < -0.3 is 19.9 Å². The predicted octanol–water partition coefficient (Wildman–Crippen LogP) is 1.37. The van der Waals surface area contributed by atoms with Crippen LogP contribution in [0.5, 0.6) is 5.75 Å². The molecule has 1 aromatic carbocycles. The van der Waals surface area contributed by atoms with Crippen LogP contribution in [0.15, 0.2) is 23.0 Å². The van der Waals surface area contributed by atoms with Crippen molar-refractivity contribution < 1.29 is 9.90 Å². The molecule has 6 nitrogen and oxygen atoms in total. The van der Waals surface area contributed by atoms with Crippen molar-refractivity contribution >= 4 is 29.2 Å². The van der Waals surface area contributed by atoms with E-state index in [1.165, 1.54) is 0 Å². The van der Waals surface area contributed by atoms with Crippen LogP contribution in [0.2, 0.25) is 0 Å². The summed E-state index contributed by atoms with van der Waals surface area (Å²) in [5.74, 6) is -0.733. The Morgan fingerprint density at radius 3 is 2.83 bits per heavy atom. The number of rotatable bonds is 4. The second kappa shape index (κ2) is 7.23. The van der Waals surface area contributed by atoms with Crippen molar-refractivity contribution in [3.05, 3.63) is 39.7 Å². The van der Waals surface area contributed by atoms with Crippen LogP contribution in [0.3, 0.4) is 0 Å². The maximum absolute atomic E-state index is 12.7. The standard InChI is InChI=1S/C17H21N3O3.ClH/c1-19(2)10-8-18-16(22)13-15(21)12-7-3-5-11-6-4-9-20(14(11)12)17(13)23;/h3,5,7,21H,4,6,8-10H2,1-2H3,(H,18,22);1H. The van der Waals surface area contributed by atoms with Gasteiger partial charge in [-0.1, -0.05) is 12.1 Å². The lowest BCUT2D eigenvalue weighted by Gasteiger charge is -2.21. The number of benzene rings is 1. The highest BCUT2D eigenvalue weighted by Crippen LogP contribution is 2.31. The number of nitrogens with zero attached hydrogens (tertiary/aromatic N) is 2. The van der Waals surface area contributed by atoms with E-state index in [1.807, 2.05) is 31.1 Å². The molecular weight excluding hydrogens is 330 g/mol. The largest absolute Gasteiger partial charge is 0.506 e. The van der Waals surface area contributed by atoms with Crippen molar-refractivity contribution in [1.82, 2.24) is 14.8 Å². The zero-order valence-corrected chi connectivity index (χ0v) is 14.7. The van der Waals surface area contributed by atoms with Crippen LogP contribution in [-0.4, -0.2) is 47.7 Å². The van der Waals surface area contributed by atoms with Crippen LogP contribution in [0.1, 0.15) is 22.3 Å². The molecule has 0 saturated heterocycles. The minimum Gasteiger partial charge on any atom is -0.506 e. The first-order chi connectivity index (χ1) is 11.0. The molecule has 2 N–H and O–H groups in total. The molecule has 1 amide bonds. The molecule has 0 spiro atoms. The zero-order chi connectivity index (χ0) is 16.6. The Bertz CT molecular complexity index is 830. The number of amides is 1. The molecule has 1 aromatic heterocycles. The zero-order valence-electron chi connectivity index (χ0n) is 13.8. The molecule has 3 rings (SSSR count). The number of aryl methyl sites for hydroxylation is 2. The molecule has 0 unspecified atom stereocenters. The predicted molar refractivity (Wildman–Crippen MR) is 96.3 cm³/mol. The highest BCUT2D eigenvalue weighted by atomic mass is 35.5. The molecule has 0 aliphatic carbocycles. The van der Waals surface area contributed by atoms with Crippen LogP contribution in [0.4, 0.5) is 0 Å². The van der Waals surface area contributed by atoms with E-state index in [9.17, 15) is 14.7 Å². The highest BCUT2D eigenvalue weighted by Gasteiger charge is 2.24. The summed E-state index contributed by atoms with van der Waals surface area (Å²) in [6.07, 6.45) is 1.74. The monoisotopic (exact) mass is 351 g/mol. The van der Waals surface area contributed by atoms with Gasteiger partial charge in [0.15, 0.2) is 0 Å². The van der Waals surface area contributed by atoms with E-state index < -0.39 is 11.5 Å². The van der Waals surface area contributed by atoms with Crippen molar-refractivity contribution in [2.75, 3.05) is 27.2 Å². The summed E-state index contributed by atoms with van der Waals surface area (Å²) in [6.45, 7) is 1.66. The van der Waals surface area contributed by atoms with Gasteiger partial charge in [-0.15, -0.1) is 12.4 Å². The Balaban J connectivity index is 0.00000208. The van der Waals surface area contributed by atoms with Gasteiger partial charge in [0.2, 0.25) is 0 Å². The Morgan fingerprint density at radius 1 is 1.38 bits per heavy atom. The highest BCUT2D eigenvalue weighted by molar-refractivity contribution is 6.02. The summed E-state index contributed by atoms with van der Waals surface area (Å²) in [5, 5.41) is 13.8. The normalized spacial score (nSPS) is 13.0. The van der Waals surface area contributed by atoms with Crippen molar-refractivity contribution in [2.24, 2.45) is 0 Å². The summed E-state index contributed by atoms with van der Waals surface area (Å²) in [7, 11) is 3.81. The van der Waals surface area contributed by atoms with Crippen molar-refractivity contribution in [2.45, 2.75) is 19.4 Å². The number of hydrogen-bond donors (Lipinski definition) is 2. The molecule has 0 fully saturated rings. The molecule has 2 heterocycles. The number of aromatic hydroxyl groups is 1. The van der Waals surface area contributed by atoms with Gasteiger partial charge in [0.05, 0.1) is 5.52 Å². The second-order valence-corrected chi connectivity index (χ2v) is 6.16. The van der Waals surface area contributed by atoms with Crippen molar-refractivity contribution in [3.63, 3.8) is 0 Å². The summed E-state index contributed by atoms with van der Waals surface area (Å²) >= 11 is 0. The molecule has 130 valence electrons. The molecule has 0 saturated carbocycles. The molecule has 1 aliphatic rings. The fourth-order valence-electron chi connectivity index (χ4n) is 3.10. The Kier molecular flexibility index (Phi) is 5.51. The third-order valence-corrected chi connectivity index (χ3v) is 4.24. The average Bonchev–Trinajstić information content (AvgIpc) is 2.52. The van der Waals surface area contributed by atoms with Gasteiger partial charge in [-0.05, 0) is 38.6 Å². The van der Waals surface area contributed by atoms with Gasteiger partial charge >= 0.3 is 0 Å². The van der Waals surface area contributed by atoms with E-state index in [2.05, 4.69) is 5.32 Å². The Morgan fingerprint density at radius 2 is 2.12 bits per heavy atom. The van der Waals surface area contributed by atoms with Gasteiger partial charge in [-0.2, -0.15) is 0 Å². The molecule has 7 heteroatoms. The van der Waals surface area contributed by atoms with Crippen LogP contribution in [-0.2, 0) is 13.0 Å². The van der Waals surface area contributed by atoms with E-state index in [0.29, 0.717) is 25.0 Å². The number of carbonyl (C=O) groups excluding carboxylic acids is 1. The Hall–Kier alpha value is -2.05. The number of para-hydroxylation sites is 1. The van der Waals surface area contributed by atoms with E-state index in [4.69, 9.17) is 0 Å². The summed E-state index contributed by atoms with van der Waals surface area (Å²) in [5.41, 5.74) is 1.23. The summed E-state index contributed by atoms with van der Waals surface area (Å²) < 4.78 is 1.62. The minimum atomic E-state index is -0.518. The van der Waals surface area contributed by atoms with E-state index in [-0.39, 0.29) is 23.7 Å². The first-order valence-electron chi connectivity index (χ1n) is 7.81. The van der Waals surface area contributed by atoms with Crippen LogP contribution < -0.4 is 10.9 Å². The first kappa shape index (κ1) is 18.3. The van der Waals surface area contributed by atoms with Gasteiger partial charge in [0.25, 0.3) is 11.5 Å². The molecule has 2 aromatic rings. The molecule has 0 bridgehead atoms. The minimum absolute atomic E-state index is 0. The molecule has 0 radical (unpaired) electrons. The molecule has 0 atom stereocenters. The van der Waals surface area contributed by atoms with E-state index in [0.717, 1.165) is 23.9 Å². The van der Waals surface area contributed by atoms with Crippen molar-refractivity contribution in [1.29, 1.82) is 0 Å². The number of halogens is 1. The van der Waals surface area contributed by atoms with Gasteiger partial charge in [0.1, 0.15) is 11.3 Å². The van der Waals surface area contributed by atoms with Crippen LogP contribution in [0.25, 0.3) is 10.9 Å². The Labute approximate surface area is 146 Å². The molecular formula is C17H22ClN3O3. The maximum Gasteiger partial charge on any atom is 0.267 e. The van der Waals surface area contributed by atoms with Gasteiger partial charge in [-0.25, -0.2) is 0 Å². The number of carbonyl (C=O) groups is 1. The topological polar surface area (TPSA) is 74.6 Å². The third kappa shape index (κ3) is 3.12. The number of hydrogen-bond acceptors (Lipinski definition) is 4. The number of likely N-dealkylation sites (N-methyl/N-ethyl adjacent to an activating group) is 1. The second-order valence-electron chi connectivity index (χ2n) is 6.16. The maximum atomic E-state index is 12.7. The molecule has 1 aliphatic heterocycles. The summed E-state index contributed by atoms with van der Waals surface area (Å²) in [4.78, 5) is 27.0. The lowest BCUT2D eigenvalue weighted by atomic mass is 9.99. The smallest absolute Gasteiger partial charge is 0.267 e. The molecule has 24 heavy (non-hydrogen) atoms. The number of pyridine rings is 1. The fraction of sp³-hybridized carbons (Fsp3) is 0.412. The average molecular weight is 352 g/mol. The van der Waals surface area contributed by atoms with Crippen molar-refractivity contribution in [3.8, 4) is 5.75 Å². The quantitative estimate of drug-likeness (QED) is 0.872. The van der Waals surface area contributed by atoms with Crippen LogP contribution in [0, 0.1) is 0 Å². The fourth-order valence-corrected chi connectivity index (χ4v) is 3.10. The number of nitrogens with one attached hydrogen (secondary N) is 1. The lowest BCUT2D eigenvalue weighted by Crippen LogP contribution is -2.37. The van der Waals surface area contributed by atoms with Crippen LogP contribution >= 0.6 is 12.4 Å². The summed E-state index contributed by atoms with van der Waals surface area (Å²) in [6, 6.07) is 5.57. The lowest BCUT2D eigenvalue weighted by molar-refractivity contribution is 0.0946. The van der Waals surface area contributed by atoms with E-state index >= 15 is 0 Å². The van der Waals surface area contributed by atoms with Gasteiger partial charge in [0, 0.05) is 25.0 Å². The first-order valence-corrected chi connectivity index (χ1v) is 7.81. The SMILES string of the molecule is CN(C)CCNC(=O)c1c(O)c2cccc3c2n(c1=O)CCC3.Cl. The number of aromatic nitrogens is 1. The van der Waals surface area contributed by atoms with E-state index in [1.54, 1.807) is 10.6 Å².